The van der Waals surface area contributed by atoms with Gasteiger partial charge < -0.3 is 19.9 Å². The Kier molecular flexibility index (Phi) is 6.29. The third kappa shape index (κ3) is 4.45. The van der Waals surface area contributed by atoms with Gasteiger partial charge in [0, 0.05) is 30.2 Å². The summed E-state index contributed by atoms with van der Waals surface area (Å²) < 4.78 is 12.0. The Hall–Kier alpha value is -0.620. The molecular weight excluding hydrogens is 322 g/mol. The zero-order valence-corrected chi connectivity index (χ0v) is 13.4. The molecular formula is C15H22BrNO3. The van der Waals surface area contributed by atoms with Gasteiger partial charge >= 0.3 is 0 Å². The topological polar surface area (TPSA) is 50.7 Å². The first kappa shape index (κ1) is 15.8. The molecule has 1 aromatic rings. The van der Waals surface area contributed by atoms with E-state index in [9.17, 15) is 5.11 Å². The molecule has 1 aromatic carbocycles. The monoisotopic (exact) mass is 343 g/mol. The van der Waals surface area contributed by atoms with Crippen LogP contribution in [0.3, 0.4) is 0 Å². The molecule has 0 heterocycles. The van der Waals surface area contributed by atoms with Crippen molar-refractivity contribution in [2.24, 2.45) is 0 Å². The third-order valence-corrected chi connectivity index (χ3v) is 4.01. The van der Waals surface area contributed by atoms with E-state index in [1.807, 2.05) is 12.1 Å². The average molecular weight is 344 g/mol. The molecule has 0 radical (unpaired) electrons. The van der Waals surface area contributed by atoms with Gasteiger partial charge in [0.1, 0.15) is 11.9 Å². The van der Waals surface area contributed by atoms with Crippen LogP contribution in [-0.2, 0) is 11.3 Å². The summed E-state index contributed by atoms with van der Waals surface area (Å²) in [5, 5.41) is 13.2. The van der Waals surface area contributed by atoms with Crippen molar-refractivity contribution in [3.05, 3.63) is 28.2 Å². The number of benzene rings is 1. The van der Waals surface area contributed by atoms with Crippen LogP contribution < -0.4 is 10.1 Å². The quantitative estimate of drug-likeness (QED) is 0.747. The number of methoxy groups -OCH3 is 1. The van der Waals surface area contributed by atoms with E-state index >= 15 is 0 Å². The fraction of sp³-hybridized carbons (Fsp3) is 0.600. The molecule has 2 N–H and O–H groups in total. The number of halogens is 1. The molecule has 0 bridgehead atoms. The van der Waals surface area contributed by atoms with Gasteiger partial charge in [-0.3, -0.25) is 0 Å². The summed E-state index contributed by atoms with van der Waals surface area (Å²) >= 11 is 3.49. The maximum Gasteiger partial charge on any atom is 0.124 e. The van der Waals surface area contributed by atoms with Gasteiger partial charge in [-0.05, 0) is 37.5 Å². The second-order valence-electron chi connectivity index (χ2n) is 5.08. The highest BCUT2D eigenvalue weighted by molar-refractivity contribution is 9.10. The molecule has 1 aliphatic rings. The Bertz CT molecular complexity index is 428. The SMILES string of the molecule is COCCNCc1cc(Br)ccc1OC1CCCC1O. The number of hydrogen-bond acceptors (Lipinski definition) is 4. The number of aliphatic hydroxyl groups is 1. The Morgan fingerprint density at radius 3 is 2.95 bits per heavy atom. The molecule has 0 amide bonds. The lowest BCUT2D eigenvalue weighted by Gasteiger charge is -2.20. The Morgan fingerprint density at radius 1 is 1.40 bits per heavy atom. The van der Waals surface area contributed by atoms with Crippen LogP contribution in [0.4, 0.5) is 0 Å². The first-order valence-electron chi connectivity index (χ1n) is 7.03. The zero-order chi connectivity index (χ0) is 14.4. The molecule has 0 spiro atoms. The minimum atomic E-state index is -0.340. The van der Waals surface area contributed by atoms with Gasteiger partial charge in [-0.2, -0.15) is 0 Å². The van der Waals surface area contributed by atoms with Gasteiger partial charge in [0.15, 0.2) is 0 Å². The zero-order valence-electron chi connectivity index (χ0n) is 11.8. The van der Waals surface area contributed by atoms with Gasteiger partial charge in [-0.15, -0.1) is 0 Å². The van der Waals surface area contributed by atoms with Crippen molar-refractivity contribution in [3.63, 3.8) is 0 Å². The number of aliphatic hydroxyl groups excluding tert-OH is 1. The Balaban J connectivity index is 1.99. The van der Waals surface area contributed by atoms with Crippen molar-refractivity contribution >= 4 is 15.9 Å². The summed E-state index contributed by atoms with van der Waals surface area (Å²) in [4.78, 5) is 0. The lowest BCUT2D eigenvalue weighted by molar-refractivity contribution is 0.0597. The summed E-state index contributed by atoms with van der Waals surface area (Å²) in [6.07, 6.45) is 2.38. The van der Waals surface area contributed by atoms with Crippen molar-refractivity contribution < 1.29 is 14.6 Å². The molecule has 4 nitrogen and oxygen atoms in total. The Morgan fingerprint density at radius 2 is 2.25 bits per heavy atom. The van der Waals surface area contributed by atoms with E-state index in [-0.39, 0.29) is 12.2 Å². The van der Waals surface area contributed by atoms with Crippen LogP contribution >= 0.6 is 15.9 Å². The van der Waals surface area contributed by atoms with Crippen LogP contribution in [0.5, 0.6) is 5.75 Å². The maximum absolute atomic E-state index is 9.88. The molecule has 0 aliphatic heterocycles. The standard InChI is InChI=1S/C15H22BrNO3/c1-19-8-7-17-10-11-9-12(16)5-6-14(11)20-15-4-2-3-13(15)18/h5-6,9,13,15,17-18H,2-4,7-8,10H2,1H3. The van der Waals surface area contributed by atoms with E-state index in [0.717, 1.165) is 48.1 Å². The molecule has 1 fully saturated rings. The van der Waals surface area contributed by atoms with Gasteiger partial charge in [0.25, 0.3) is 0 Å². The predicted octanol–water partition coefficient (Wildman–Crippen LogP) is 2.48. The van der Waals surface area contributed by atoms with Crippen LogP contribution in [0.25, 0.3) is 0 Å². The maximum atomic E-state index is 9.88. The largest absolute Gasteiger partial charge is 0.487 e. The lowest BCUT2D eigenvalue weighted by Crippen LogP contribution is -2.26. The van der Waals surface area contributed by atoms with Crippen molar-refractivity contribution in [1.29, 1.82) is 0 Å². The predicted molar refractivity (Wildman–Crippen MR) is 82.0 cm³/mol. The minimum absolute atomic E-state index is 0.0751. The molecule has 2 unspecified atom stereocenters. The van der Waals surface area contributed by atoms with Gasteiger partial charge in [-0.1, -0.05) is 15.9 Å². The van der Waals surface area contributed by atoms with Crippen LogP contribution in [-0.4, -0.2) is 37.6 Å². The van der Waals surface area contributed by atoms with E-state index in [4.69, 9.17) is 9.47 Å². The molecule has 0 aromatic heterocycles. The highest BCUT2D eigenvalue weighted by Crippen LogP contribution is 2.29. The highest BCUT2D eigenvalue weighted by atomic mass is 79.9. The van der Waals surface area contributed by atoms with Gasteiger partial charge in [-0.25, -0.2) is 0 Å². The fourth-order valence-electron chi connectivity index (χ4n) is 2.41. The second kappa shape index (κ2) is 7.98. The summed E-state index contributed by atoms with van der Waals surface area (Å²) in [5.74, 6) is 0.851. The summed E-state index contributed by atoms with van der Waals surface area (Å²) in [7, 11) is 1.69. The van der Waals surface area contributed by atoms with Crippen LogP contribution in [0.2, 0.25) is 0 Å². The fourth-order valence-corrected chi connectivity index (χ4v) is 2.81. The average Bonchev–Trinajstić information content (AvgIpc) is 2.83. The van der Waals surface area contributed by atoms with E-state index in [0.29, 0.717) is 6.61 Å². The van der Waals surface area contributed by atoms with Crippen molar-refractivity contribution in [3.8, 4) is 5.75 Å². The van der Waals surface area contributed by atoms with E-state index < -0.39 is 0 Å². The van der Waals surface area contributed by atoms with Crippen molar-refractivity contribution in [2.75, 3.05) is 20.3 Å². The third-order valence-electron chi connectivity index (χ3n) is 3.52. The Labute approximate surface area is 128 Å². The molecule has 1 saturated carbocycles. The number of rotatable bonds is 7. The highest BCUT2D eigenvalue weighted by Gasteiger charge is 2.27. The van der Waals surface area contributed by atoms with Crippen LogP contribution in [0.1, 0.15) is 24.8 Å². The van der Waals surface area contributed by atoms with E-state index in [1.165, 1.54) is 0 Å². The number of hydrogen-bond donors (Lipinski definition) is 2. The smallest absolute Gasteiger partial charge is 0.124 e. The molecule has 20 heavy (non-hydrogen) atoms. The molecule has 1 aliphatic carbocycles. The summed E-state index contributed by atoms with van der Waals surface area (Å²) in [6.45, 7) is 2.21. The number of ether oxygens (including phenoxy) is 2. The minimum Gasteiger partial charge on any atom is -0.487 e. The molecule has 2 rings (SSSR count). The second-order valence-corrected chi connectivity index (χ2v) is 5.99. The van der Waals surface area contributed by atoms with Gasteiger partial charge in [0.05, 0.1) is 12.7 Å². The summed E-state index contributed by atoms with van der Waals surface area (Å²) in [6, 6.07) is 5.98. The van der Waals surface area contributed by atoms with Crippen molar-refractivity contribution in [1.82, 2.24) is 5.32 Å². The molecule has 2 atom stereocenters. The normalized spacial score (nSPS) is 22.1. The first-order chi connectivity index (χ1) is 9.70. The van der Waals surface area contributed by atoms with Crippen molar-refractivity contribution in [2.45, 2.75) is 38.0 Å². The van der Waals surface area contributed by atoms with E-state index in [2.05, 4.69) is 27.3 Å². The lowest BCUT2D eigenvalue weighted by atomic mass is 10.2. The number of nitrogens with one attached hydrogen (secondary N) is 1. The van der Waals surface area contributed by atoms with E-state index in [1.54, 1.807) is 7.11 Å². The summed E-state index contributed by atoms with van der Waals surface area (Å²) in [5.41, 5.74) is 1.09. The molecule has 0 saturated heterocycles. The first-order valence-corrected chi connectivity index (χ1v) is 7.83. The van der Waals surface area contributed by atoms with Crippen LogP contribution in [0, 0.1) is 0 Å². The molecule has 112 valence electrons. The molecule has 5 heteroatoms. The van der Waals surface area contributed by atoms with Crippen LogP contribution in [0.15, 0.2) is 22.7 Å². The van der Waals surface area contributed by atoms with Gasteiger partial charge in [0.2, 0.25) is 0 Å².